The molecule has 0 fully saturated rings. The molecule has 0 spiro atoms. The molecule has 0 saturated heterocycles. The fourth-order valence-corrected chi connectivity index (χ4v) is 4.27. The zero-order valence-corrected chi connectivity index (χ0v) is 27.1. The van der Waals surface area contributed by atoms with Crippen molar-refractivity contribution in [3.05, 3.63) is 53.7 Å². The maximum Gasteiger partial charge on any atom is 0.425 e. The van der Waals surface area contributed by atoms with Crippen LogP contribution in [-0.2, 0) is 14.3 Å². The Labute approximate surface area is 258 Å². The Bertz CT molecular complexity index is 1490. The second kappa shape index (κ2) is 13.4. The van der Waals surface area contributed by atoms with E-state index in [-0.39, 0.29) is 11.9 Å². The summed E-state index contributed by atoms with van der Waals surface area (Å²) in [4.78, 5) is 44.2. The quantitative estimate of drug-likeness (QED) is 0.249. The highest BCUT2D eigenvalue weighted by Gasteiger charge is 2.35. The predicted octanol–water partition coefficient (Wildman–Crippen LogP) is 7.64. The standard InChI is InChI=1S/C33H43N3O8/c1-11-41-26-16-21(12-15-25(26)42-19(2)3)27(29(37)38)35-22-13-14-23-24(17-22)20(4)18-34-28(23)36(30(39)43-32(5,6)7)31(40)44-33(8,9)10/h12-19,27,35H,11H2,1-10H3,(H,37,38). The number of pyridine rings is 1. The van der Waals surface area contributed by atoms with Gasteiger partial charge in [0.1, 0.15) is 11.2 Å². The van der Waals surface area contributed by atoms with Gasteiger partial charge in [-0.1, -0.05) is 6.07 Å². The Kier molecular flexibility index (Phi) is 10.3. The van der Waals surface area contributed by atoms with Gasteiger partial charge in [-0.15, -0.1) is 0 Å². The second-order valence-electron chi connectivity index (χ2n) is 12.5. The molecule has 0 aliphatic heterocycles. The molecule has 2 N–H and O–H groups in total. The fraction of sp³-hybridized carbons (Fsp3) is 0.455. The van der Waals surface area contributed by atoms with E-state index >= 15 is 0 Å². The average Bonchev–Trinajstić information content (AvgIpc) is 2.87. The van der Waals surface area contributed by atoms with E-state index in [2.05, 4.69) is 10.3 Å². The molecular weight excluding hydrogens is 566 g/mol. The molecule has 0 saturated carbocycles. The smallest absolute Gasteiger partial charge is 0.425 e. The molecule has 1 heterocycles. The Morgan fingerprint density at radius 2 is 1.52 bits per heavy atom. The normalized spacial score (nSPS) is 12.4. The van der Waals surface area contributed by atoms with Gasteiger partial charge in [-0.2, -0.15) is 4.90 Å². The number of aliphatic carboxylic acids is 1. The SMILES string of the molecule is CCOc1cc(C(Nc2ccc3c(N(C(=O)OC(C)(C)C)C(=O)OC(C)(C)C)ncc(C)c3c2)C(=O)O)ccc1OC(C)C. The number of benzene rings is 2. The molecular formula is C33H43N3O8. The number of hydrogen-bond acceptors (Lipinski definition) is 9. The summed E-state index contributed by atoms with van der Waals surface area (Å²) in [6.07, 6.45) is -0.435. The van der Waals surface area contributed by atoms with Crippen molar-refractivity contribution >= 4 is 40.4 Å². The summed E-state index contributed by atoms with van der Waals surface area (Å²) in [5.41, 5.74) is -0.0809. The molecule has 1 aromatic heterocycles. The highest BCUT2D eigenvalue weighted by molar-refractivity contribution is 6.14. The van der Waals surface area contributed by atoms with Gasteiger partial charge in [0.15, 0.2) is 23.4 Å². The van der Waals surface area contributed by atoms with Gasteiger partial charge in [-0.3, -0.25) is 0 Å². The van der Waals surface area contributed by atoms with Gasteiger partial charge in [0.25, 0.3) is 0 Å². The maximum atomic E-state index is 13.3. The highest BCUT2D eigenvalue weighted by Crippen LogP contribution is 2.35. The number of carboxylic acids is 1. The molecule has 11 heteroatoms. The largest absolute Gasteiger partial charge is 0.490 e. The van der Waals surface area contributed by atoms with E-state index in [9.17, 15) is 19.5 Å². The van der Waals surface area contributed by atoms with Crippen LogP contribution in [0.25, 0.3) is 10.8 Å². The Morgan fingerprint density at radius 1 is 0.909 bits per heavy atom. The van der Waals surface area contributed by atoms with Crippen LogP contribution < -0.4 is 19.7 Å². The zero-order valence-electron chi connectivity index (χ0n) is 27.1. The van der Waals surface area contributed by atoms with E-state index in [0.717, 1.165) is 10.5 Å². The van der Waals surface area contributed by atoms with Crippen molar-refractivity contribution in [1.82, 2.24) is 4.98 Å². The molecule has 11 nitrogen and oxygen atoms in total. The Hall–Kier alpha value is -4.54. The van der Waals surface area contributed by atoms with Crippen LogP contribution in [0.2, 0.25) is 0 Å². The van der Waals surface area contributed by atoms with Crippen LogP contribution in [0.3, 0.4) is 0 Å². The molecule has 0 radical (unpaired) electrons. The predicted molar refractivity (Wildman–Crippen MR) is 169 cm³/mol. The van der Waals surface area contributed by atoms with Gasteiger partial charge in [-0.25, -0.2) is 19.4 Å². The summed E-state index contributed by atoms with van der Waals surface area (Å²) in [6, 6.07) is 8.97. The topological polar surface area (TPSA) is 137 Å². The minimum Gasteiger partial charge on any atom is -0.490 e. The number of aryl methyl sites for hydroxylation is 1. The lowest BCUT2D eigenvalue weighted by Crippen LogP contribution is -2.44. The second-order valence-corrected chi connectivity index (χ2v) is 12.5. The van der Waals surface area contributed by atoms with Crippen molar-refractivity contribution < 1.29 is 38.4 Å². The van der Waals surface area contributed by atoms with Crippen molar-refractivity contribution in [3.63, 3.8) is 0 Å². The van der Waals surface area contributed by atoms with E-state index in [1.54, 1.807) is 77.9 Å². The fourth-order valence-electron chi connectivity index (χ4n) is 4.27. The summed E-state index contributed by atoms with van der Waals surface area (Å²) in [6.45, 7) is 18.0. The van der Waals surface area contributed by atoms with Gasteiger partial charge in [0.2, 0.25) is 0 Å². The van der Waals surface area contributed by atoms with Gasteiger partial charge in [0, 0.05) is 17.3 Å². The maximum absolute atomic E-state index is 13.3. The lowest BCUT2D eigenvalue weighted by molar-refractivity contribution is -0.138. The Morgan fingerprint density at radius 3 is 2.05 bits per heavy atom. The van der Waals surface area contributed by atoms with Crippen LogP contribution in [0.4, 0.5) is 21.1 Å². The van der Waals surface area contributed by atoms with E-state index in [4.69, 9.17) is 18.9 Å². The Balaban J connectivity index is 2.07. The van der Waals surface area contributed by atoms with Crippen molar-refractivity contribution in [2.24, 2.45) is 0 Å². The van der Waals surface area contributed by atoms with Crippen LogP contribution in [-0.4, -0.2) is 52.2 Å². The van der Waals surface area contributed by atoms with Crippen LogP contribution in [0, 0.1) is 6.92 Å². The minimum atomic E-state index is -1.12. The number of carboxylic acid groups (broad SMARTS) is 1. The van der Waals surface area contributed by atoms with Crippen LogP contribution in [0.5, 0.6) is 11.5 Å². The highest BCUT2D eigenvalue weighted by atomic mass is 16.6. The molecule has 44 heavy (non-hydrogen) atoms. The lowest BCUT2D eigenvalue weighted by Gasteiger charge is -2.28. The van der Waals surface area contributed by atoms with Crippen LogP contribution >= 0.6 is 0 Å². The number of carbonyl (C=O) groups excluding carboxylic acids is 2. The summed E-state index contributed by atoms with van der Waals surface area (Å²) in [5.74, 6) is -0.104. The first-order valence-electron chi connectivity index (χ1n) is 14.5. The van der Waals surface area contributed by atoms with Crippen LogP contribution in [0.15, 0.2) is 42.6 Å². The minimum absolute atomic E-state index is 0.0255. The first-order chi connectivity index (χ1) is 20.4. The van der Waals surface area contributed by atoms with E-state index in [0.29, 0.717) is 40.1 Å². The number of nitrogens with one attached hydrogen (secondary N) is 1. The number of anilines is 2. The third kappa shape index (κ3) is 8.75. The summed E-state index contributed by atoms with van der Waals surface area (Å²) >= 11 is 0. The molecule has 1 atom stereocenters. The summed E-state index contributed by atoms with van der Waals surface area (Å²) in [5, 5.41) is 14.4. The van der Waals surface area contributed by atoms with Gasteiger partial charge in [0.05, 0.1) is 12.7 Å². The monoisotopic (exact) mass is 609 g/mol. The average molecular weight is 610 g/mol. The number of hydrogen-bond donors (Lipinski definition) is 2. The molecule has 3 aromatic rings. The van der Waals surface area contributed by atoms with Gasteiger partial charge < -0.3 is 29.4 Å². The molecule has 1 unspecified atom stereocenters. The van der Waals surface area contributed by atoms with Gasteiger partial charge >= 0.3 is 18.2 Å². The first kappa shape index (κ1) is 34.0. The van der Waals surface area contributed by atoms with Crippen LogP contribution in [0.1, 0.15) is 79.5 Å². The number of fused-ring (bicyclic) bond motifs is 1. The van der Waals surface area contributed by atoms with Crippen molar-refractivity contribution in [1.29, 1.82) is 0 Å². The molecule has 2 amide bonds. The number of amides is 2. The van der Waals surface area contributed by atoms with Crippen molar-refractivity contribution in [2.45, 2.75) is 92.6 Å². The first-order valence-corrected chi connectivity index (χ1v) is 14.5. The summed E-state index contributed by atoms with van der Waals surface area (Å²) < 4.78 is 22.6. The molecule has 0 bridgehead atoms. The van der Waals surface area contributed by atoms with Crippen molar-refractivity contribution in [2.75, 3.05) is 16.8 Å². The number of nitrogens with zero attached hydrogens (tertiary/aromatic N) is 2. The molecule has 238 valence electrons. The number of ether oxygens (including phenoxy) is 4. The van der Waals surface area contributed by atoms with Gasteiger partial charge in [-0.05, 0) is 116 Å². The summed E-state index contributed by atoms with van der Waals surface area (Å²) in [7, 11) is 0. The lowest BCUT2D eigenvalue weighted by atomic mass is 10.0. The van der Waals surface area contributed by atoms with E-state index in [1.165, 1.54) is 6.20 Å². The third-order valence-corrected chi connectivity index (χ3v) is 5.95. The zero-order chi connectivity index (χ0) is 33.0. The number of carbonyl (C=O) groups is 3. The molecule has 0 aliphatic carbocycles. The van der Waals surface area contributed by atoms with Crippen molar-refractivity contribution in [3.8, 4) is 11.5 Å². The number of rotatable bonds is 9. The molecule has 3 rings (SSSR count). The van der Waals surface area contributed by atoms with E-state index < -0.39 is 35.4 Å². The van der Waals surface area contributed by atoms with E-state index in [1.807, 2.05) is 27.7 Å². The number of aromatic nitrogens is 1. The third-order valence-electron chi connectivity index (χ3n) is 5.95. The number of imide groups is 1. The molecule has 0 aliphatic rings. The molecule has 2 aromatic carbocycles.